The van der Waals surface area contributed by atoms with Gasteiger partial charge in [0.15, 0.2) is 0 Å². The van der Waals surface area contributed by atoms with Gasteiger partial charge in [-0.25, -0.2) is 27.0 Å². The zero-order valence-corrected chi connectivity index (χ0v) is 10.9. The van der Waals surface area contributed by atoms with Gasteiger partial charge >= 0.3 is 5.97 Å². The maximum absolute atomic E-state index is 13.7. The number of rotatable bonds is 4. The molecule has 0 amide bonds. The Kier molecular flexibility index (Phi) is 3.40. The summed E-state index contributed by atoms with van der Waals surface area (Å²) in [5.41, 5.74) is -0.347. The number of carboxylic acid groups (broad SMARTS) is 1. The second-order valence-electron chi connectivity index (χ2n) is 3.76. The number of anilines is 1. The van der Waals surface area contributed by atoms with E-state index in [2.05, 4.69) is 10.1 Å². The molecule has 1 heterocycles. The molecule has 1 aromatic carbocycles. The molecular weight excluding hydrogens is 291 g/mol. The van der Waals surface area contributed by atoms with E-state index in [-0.39, 0.29) is 11.5 Å². The lowest BCUT2D eigenvalue weighted by Gasteiger charge is -2.08. The third-order valence-electron chi connectivity index (χ3n) is 2.41. The zero-order valence-electron chi connectivity index (χ0n) is 10.1. The Hall–Kier alpha value is -2.49. The van der Waals surface area contributed by atoms with Crippen molar-refractivity contribution < 1.29 is 22.7 Å². The summed E-state index contributed by atoms with van der Waals surface area (Å²) < 4.78 is 40.9. The van der Waals surface area contributed by atoms with E-state index in [4.69, 9.17) is 5.11 Å². The Labute approximate surface area is 112 Å². The van der Waals surface area contributed by atoms with Crippen molar-refractivity contribution in [3.63, 3.8) is 0 Å². The topological polar surface area (TPSA) is 114 Å². The maximum atomic E-state index is 13.7. The Bertz CT molecular complexity index is 771. The zero-order chi connectivity index (χ0) is 14.9. The van der Waals surface area contributed by atoms with E-state index in [0.717, 1.165) is 23.1 Å². The predicted octanol–water partition coefficient (Wildman–Crippen LogP) is 0.453. The van der Waals surface area contributed by atoms with E-state index >= 15 is 0 Å². The number of aromatic carboxylic acids is 1. The van der Waals surface area contributed by atoms with Crippen molar-refractivity contribution >= 4 is 21.9 Å². The number of nitrogens with one attached hydrogen (secondary N) is 1. The fourth-order valence-electron chi connectivity index (χ4n) is 1.42. The number of hydrogen-bond donors (Lipinski definition) is 2. The summed E-state index contributed by atoms with van der Waals surface area (Å²) >= 11 is 0. The van der Waals surface area contributed by atoms with Crippen LogP contribution in [0.25, 0.3) is 0 Å². The first-order valence-corrected chi connectivity index (χ1v) is 6.69. The van der Waals surface area contributed by atoms with E-state index in [9.17, 15) is 17.6 Å². The highest BCUT2D eigenvalue weighted by Gasteiger charge is 2.22. The number of halogens is 1. The number of aryl methyl sites for hydroxylation is 1. The summed E-state index contributed by atoms with van der Waals surface area (Å²) in [7, 11) is -2.77. The summed E-state index contributed by atoms with van der Waals surface area (Å²) in [6.45, 7) is 0. The van der Waals surface area contributed by atoms with Crippen molar-refractivity contribution in [2.24, 2.45) is 7.05 Å². The molecule has 8 nitrogen and oxygen atoms in total. The second kappa shape index (κ2) is 4.89. The third-order valence-corrected chi connectivity index (χ3v) is 3.77. The van der Waals surface area contributed by atoms with Crippen LogP contribution in [0.2, 0.25) is 0 Å². The molecule has 0 unspecified atom stereocenters. The van der Waals surface area contributed by atoms with Crippen molar-refractivity contribution in [1.29, 1.82) is 0 Å². The molecule has 0 fully saturated rings. The van der Waals surface area contributed by atoms with Gasteiger partial charge in [-0.3, -0.25) is 0 Å². The standard InChI is InChI=1S/C10H9FN4O4S/c1-15-10(12-5-13-15)14-20(18,19)8-3-2-6(9(16)17)4-7(8)11/h2-5H,1H3,(H,16,17)(H,12,13,14). The summed E-state index contributed by atoms with van der Waals surface area (Å²) in [4.78, 5) is 13.6. The van der Waals surface area contributed by atoms with Crippen LogP contribution in [0.4, 0.5) is 10.3 Å². The number of nitrogens with zero attached hydrogens (tertiary/aromatic N) is 3. The molecule has 0 spiro atoms. The third kappa shape index (κ3) is 2.59. The van der Waals surface area contributed by atoms with Gasteiger partial charge in [-0.05, 0) is 18.2 Å². The van der Waals surface area contributed by atoms with Gasteiger partial charge in [-0.1, -0.05) is 0 Å². The van der Waals surface area contributed by atoms with Crippen molar-refractivity contribution in [2.75, 3.05) is 4.72 Å². The van der Waals surface area contributed by atoms with E-state index in [1.54, 1.807) is 0 Å². The Balaban J connectivity index is 2.40. The van der Waals surface area contributed by atoms with Crippen LogP contribution in [0.3, 0.4) is 0 Å². The van der Waals surface area contributed by atoms with Gasteiger partial charge < -0.3 is 5.11 Å². The summed E-state index contributed by atoms with van der Waals surface area (Å²) in [6, 6.07) is 2.50. The first-order valence-electron chi connectivity index (χ1n) is 5.21. The molecule has 0 radical (unpaired) electrons. The molecular formula is C10H9FN4O4S. The highest BCUT2D eigenvalue weighted by atomic mass is 32.2. The smallest absolute Gasteiger partial charge is 0.335 e. The minimum Gasteiger partial charge on any atom is -0.478 e. The second-order valence-corrected chi connectivity index (χ2v) is 5.41. The summed E-state index contributed by atoms with van der Waals surface area (Å²) in [5.74, 6) is -2.61. The van der Waals surface area contributed by atoms with E-state index in [1.807, 2.05) is 4.72 Å². The molecule has 0 atom stereocenters. The van der Waals surface area contributed by atoms with Gasteiger partial charge in [-0.2, -0.15) is 10.1 Å². The van der Waals surface area contributed by atoms with Gasteiger partial charge in [0.05, 0.1) is 5.56 Å². The number of sulfonamides is 1. The molecule has 10 heteroatoms. The van der Waals surface area contributed by atoms with E-state index < -0.39 is 26.7 Å². The maximum Gasteiger partial charge on any atom is 0.335 e. The van der Waals surface area contributed by atoms with Gasteiger partial charge in [-0.15, -0.1) is 0 Å². The predicted molar refractivity (Wildman–Crippen MR) is 65.2 cm³/mol. The molecule has 0 aliphatic rings. The average molecular weight is 300 g/mol. The van der Waals surface area contributed by atoms with Crippen LogP contribution in [-0.4, -0.2) is 34.3 Å². The van der Waals surface area contributed by atoms with E-state index in [1.165, 1.54) is 7.05 Å². The Morgan fingerprint density at radius 1 is 1.45 bits per heavy atom. The molecule has 0 aliphatic carbocycles. The van der Waals surface area contributed by atoms with Crippen LogP contribution in [0, 0.1) is 5.82 Å². The molecule has 20 heavy (non-hydrogen) atoms. The van der Waals surface area contributed by atoms with E-state index in [0.29, 0.717) is 6.07 Å². The number of carboxylic acids is 1. The minimum atomic E-state index is -4.22. The van der Waals surface area contributed by atoms with Crippen LogP contribution in [0.1, 0.15) is 10.4 Å². The molecule has 2 N–H and O–H groups in total. The average Bonchev–Trinajstić information content (AvgIpc) is 2.73. The van der Waals surface area contributed by atoms with Gasteiger partial charge in [0, 0.05) is 7.05 Å². The monoisotopic (exact) mass is 300 g/mol. The van der Waals surface area contributed by atoms with Crippen LogP contribution in [0.15, 0.2) is 29.4 Å². The number of hydrogen-bond acceptors (Lipinski definition) is 5. The molecule has 0 aliphatic heterocycles. The summed E-state index contributed by atoms with van der Waals surface area (Å²) in [6.07, 6.45) is 1.13. The molecule has 0 saturated heterocycles. The number of carbonyl (C=O) groups is 1. The largest absolute Gasteiger partial charge is 0.478 e. The lowest BCUT2D eigenvalue weighted by atomic mass is 10.2. The van der Waals surface area contributed by atoms with Crippen molar-refractivity contribution in [3.8, 4) is 0 Å². The lowest BCUT2D eigenvalue weighted by molar-refractivity contribution is 0.0696. The molecule has 0 bridgehead atoms. The van der Waals surface area contributed by atoms with Crippen molar-refractivity contribution in [1.82, 2.24) is 14.8 Å². The quantitative estimate of drug-likeness (QED) is 0.847. The van der Waals surface area contributed by atoms with Crippen LogP contribution < -0.4 is 4.72 Å². The number of aromatic nitrogens is 3. The van der Waals surface area contributed by atoms with Crippen molar-refractivity contribution in [3.05, 3.63) is 35.9 Å². The molecule has 0 saturated carbocycles. The Morgan fingerprint density at radius 3 is 2.65 bits per heavy atom. The highest BCUT2D eigenvalue weighted by Crippen LogP contribution is 2.18. The van der Waals surface area contributed by atoms with Crippen molar-refractivity contribution in [2.45, 2.75) is 4.90 Å². The summed E-state index contributed by atoms with van der Waals surface area (Å²) in [5, 5.41) is 12.4. The van der Waals surface area contributed by atoms with Crippen LogP contribution in [0.5, 0.6) is 0 Å². The highest BCUT2D eigenvalue weighted by molar-refractivity contribution is 7.92. The molecule has 2 aromatic rings. The fourth-order valence-corrected chi connectivity index (χ4v) is 2.51. The van der Waals surface area contributed by atoms with Crippen LogP contribution >= 0.6 is 0 Å². The first-order chi connectivity index (χ1) is 9.31. The SMILES string of the molecule is Cn1ncnc1NS(=O)(=O)c1ccc(C(=O)O)cc1F. The molecule has 2 rings (SSSR count). The molecule has 106 valence electrons. The minimum absolute atomic E-state index is 0.0910. The fraction of sp³-hybridized carbons (Fsp3) is 0.100. The van der Waals surface area contributed by atoms with Gasteiger partial charge in [0.2, 0.25) is 5.95 Å². The molecule has 1 aromatic heterocycles. The number of benzene rings is 1. The van der Waals surface area contributed by atoms with Gasteiger partial charge in [0.25, 0.3) is 10.0 Å². The first kappa shape index (κ1) is 13.9. The van der Waals surface area contributed by atoms with Crippen LogP contribution in [-0.2, 0) is 17.1 Å². The Morgan fingerprint density at radius 2 is 2.15 bits per heavy atom. The van der Waals surface area contributed by atoms with Gasteiger partial charge in [0.1, 0.15) is 17.0 Å². The lowest BCUT2D eigenvalue weighted by Crippen LogP contribution is -2.17. The normalized spacial score (nSPS) is 11.3.